The van der Waals surface area contributed by atoms with Crippen LogP contribution in [0, 0.1) is 0 Å². The Hall–Kier alpha value is -3.84. The van der Waals surface area contributed by atoms with Gasteiger partial charge in [-0.3, -0.25) is 9.59 Å². The fourth-order valence-corrected chi connectivity index (χ4v) is 4.32. The van der Waals surface area contributed by atoms with Gasteiger partial charge < -0.3 is 25.3 Å². The molecule has 3 aromatic carbocycles. The average molecular weight is 489 g/mol. The lowest BCUT2D eigenvalue weighted by molar-refractivity contribution is -0.139. The molecule has 1 fully saturated rings. The summed E-state index contributed by atoms with van der Waals surface area (Å²) in [5.74, 6) is -0.0334. The van der Waals surface area contributed by atoms with E-state index in [0.717, 1.165) is 59.5 Å². The number of ether oxygens (including phenoxy) is 3. The van der Waals surface area contributed by atoms with E-state index in [4.69, 9.17) is 19.9 Å². The summed E-state index contributed by atoms with van der Waals surface area (Å²) in [6, 6.07) is 21.5. The third-order valence-electron chi connectivity index (χ3n) is 6.12. The number of amides is 1. The van der Waals surface area contributed by atoms with Gasteiger partial charge in [0.05, 0.1) is 26.1 Å². The molecule has 0 saturated carbocycles. The van der Waals surface area contributed by atoms with Crippen LogP contribution in [0.2, 0.25) is 0 Å². The van der Waals surface area contributed by atoms with E-state index < -0.39 is 0 Å². The normalized spacial score (nSPS) is 14.9. The first kappa shape index (κ1) is 25.3. The van der Waals surface area contributed by atoms with Crippen LogP contribution in [0.5, 0.6) is 5.75 Å². The van der Waals surface area contributed by atoms with Crippen LogP contribution in [-0.4, -0.2) is 38.2 Å². The number of rotatable bonds is 11. The predicted octanol–water partition coefficient (Wildman–Crippen LogP) is 4.27. The number of carbonyl (C=O) groups excluding carboxylic acids is 2. The molecule has 0 spiro atoms. The van der Waals surface area contributed by atoms with Crippen molar-refractivity contribution >= 4 is 17.6 Å². The molecule has 4 rings (SSSR count). The fourth-order valence-electron chi connectivity index (χ4n) is 4.32. The molecule has 3 aromatic rings. The van der Waals surface area contributed by atoms with Gasteiger partial charge in [0.2, 0.25) is 5.91 Å². The molecule has 1 saturated heterocycles. The van der Waals surface area contributed by atoms with Gasteiger partial charge in [0.15, 0.2) is 0 Å². The predicted molar refractivity (Wildman–Crippen MR) is 139 cm³/mol. The molecule has 3 N–H and O–H groups in total. The van der Waals surface area contributed by atoms with Gasteiger partial charge in [0.1, 0.15) is 12.4 Å². The van der Waals surface area contributed by atoms with Crippen LogP contribution < -0.4 is 15.8 Å². The maximum Gasteiger partial charge on any atom is 0.310 e. The Bertz CT molecular complexity index is 1200. The second-order valence-electron chi connectivity index (χ2n) is 8.93. The van der Waals surface area contributed by atoms with Crippen molar-refractivity contribution in [1.29, 1.82) is 0 Å². The van der Waals surface area contributed by atoms with Crippen LogP contribution in [0.1, 0.15) is 29.5 Å². The Morgan fingerprint density at radius 2 is 1.83 bits per heavy atom. The highest BCUT2D eigenvalue weighted by molar-refractivity contribution is 5.78. The highest BCUT2D eigenvalue weighted by atomic mass is 16.5. The maximum absolute atomic E-state index is 11.8. The highest BCUT2D eigenvalue weighted by Gasteiger charge is 2.16. The number of esters is 1. The summed E-state index contributed by atoms with van der Waals surface area (Å²) in [5.41, 5.74) is 11.0. The molecule has 7 heteroatoms. The summed E-state index contributed by atoms with van der Waals surface area (Å²) in [6.07, 6.45) is 2.68. The minimum atomic E-state index is -0.362. The van der Waals surface area contributed by atoms with E-state index in [1.165, 1.54) is 7.11 Å². The minimum absolute atomic E-state index is 0.146. The van der Waals surface area contributed by atoms with Crippen molar-refractivity contribution in [3.05, 3.63) is 83.4 Å². The fraction of sp³-hybridized carbons (Fsp3) is 0.310. The number of methoxy groups -OCH3 is 1. The molecule has 188 valence electrons. The number of hydrogen-bond acceptors (Lipinski definition) is 6. The molecule has 1 heterocycles. The number of nitrogens with one attached hydrogen (secondary N) is 1. The molecule has 0 aromatic heterocycles. The summed E-state index contributed by atoms with van der Waals surface area (Å²) in [5, 5.41) is 3.51. The smallest absolute Gasteiger partial charge is 0.310 e. The number of anilines is 1. The zero-order valence-corrected chi connectivity index (χ0v) is 20.5. The first-order valence-corrected chi connectivity index (χ1v) is 12.1. The Labute approximate surface area is 211 Å². The van der Waals surface area contributed by atoms with Gasteiger partial charge in [-0.05, 0) is 59.4 Å². The van der Waals surface area contributed by atoms with Crippen LogP contribution in [0.25, 0.3) is 11.1 Å². The zero-order chi connectivity index (χ0) is 25.3. The van der Waals surface area contributed by atoms with E-state index in [9.17, 15) is 9.59 Å². The number of hydrogen-bond donors (Lipinski definition) is 2. The molecule has 7 nitrogen and oxygen atoms in total. The summed E-state index contributed by atoms with van der Waals surface area (Å²) in [4.78, 5) is 23.2. The van der Waals surface area contributed by atoms with E-state index in [2.05, 4.69) is 23.5 Å². The lowest BCUT2D eigenvalue weighted by atomic mass is 9.99. The van der Waals surface area contributed by atoms with E-state index in [0.29, 0.717) is 12.4 Å². The monoisotopic (exact) mass is 488 g/mol. The topological polar surface area (TPSA) is 99.9 Å². The third-order valence-corrected chi connectivity index (χ3v) is 6.12. The van der Waals surface area contributed by atoms with E-state index in [1.807, 2.05) is 48.5 Å². The lowest BCUT2D eigenvalue weighted by Crippen LogP contribution is -2.18. The molecule has 1 amide bonds. The molecule has 0 aliphatic carbocycles. The van der Waals surface area contributed by atoms with Crippen molar-refractivity contribution in [2.45, 2.75) is 38.4 Å². The quantitative estimate of drug-likeness (QED) is 0.391. The van der Waals surface area contributed by atoms with Gasteiger partial charge in [-0.2, -0.15) is 0 Å². The number of nitrogens with two attached hydrogens (primary N) is 1. The number of primary amides is 1. The average Bonchev–Trinajstić information content (AvgIpc) is 3.40. The van der Waals surface area contributed by atoms with Crippen molar-refractivity contribution in [3.63, 3.8) is 0 Å². The third kappa shape index (κ3) is 7.09. The second kappa shape index (κ2) is 12.2. The van der Waals surface area contributed by atoms with Gasteiger partial charge in [-0.15, -0.1) is 0 Å². The highest BCUT2D eigenvalue weighted by Crippen LogP contribution is 2.28. The summed E-state index contributed by atoms with van der Waals surface area (Å²) in [6.45, 7) is 1.86. The van der Waals surface area contributed by atoms with Gasteiger partial charge in [-0.1, -0.05) is 42.5 Å². The summed E-state index contributed by atoms with van der Waals surface area (Å²) >= 11 is 0. The van der Waals surface area contributed by atoms with Gasteiger partial charge in [-0.25, -0.2) is 0 Å². The molecule has 0 bridgehead atoms. The zero-order valence-electron chi connectivity index (χ0n) is 20.5. The van der Waals surface area contributed by atoms with Gasteiger partial charge >= 0.3 is 5.97 Å². The van der Waals surface area contributed by atoms with Crippen molar-refractivity contribution in [2.75, 3.05) is 25.6 Å². The van der Waals surface area contributed by atoms with E-state index in [1.54, 1.807) is 0 Å². The molecule has 1 atom stereocenters. The molecular weight excluding hydrogens is 456 g/mol. The largest absolute Gasteiger partial charge is 0.489 e. The van der Waals surface area contributed by atoms with Crippen molar-refractivity contribution in [1.82, 2.24) is 0 Å². The van der Waals surface area contributed by atoms with Crippen LogP contribution in [0.3, 0.4) is 0 Å². The molecule has 36 heavy (non-hydrogen) atoms. The summed E-state index contributed by atoms with van der Waals surface area (Å²) in [7, 11) is 1.38. The van der Waals surface area contributed by atoms with Crippen LogP contribution in [-0.2, 0) is 38.5 Å². The van der Waals surface area contributed by atoms with Crippen molar-refractivity contribution in [3.8, 4) is 16.9 Å². The second-order valence-corrected chi connectivity index (χ2v) is 8.93. The van der Waals surface area contributed by atoms with Crippen LogP contribution in [0.4, 0.5) is 5.69 Å². The Morgan fingerprint density at radius 1 is 1.00 bits per heavy atom. The number of carbonyl (C=O) groups is 2. The molecule has 1 aliphatic rings. The first-order chi connectivity index (χ1) is 17.5. The molecular formula is C29H32N2O5. The Kier molecular flexibility index (Phi) is 8.57. The van der Waals surface area contributed by atoms with Crippen molar-refractivity contribution in [2.24, 2.45) is 5.73 Å². The van der Waals surface area contributed by atoms with E-state index >= 15 is 0 Å². The van der Waals surface area contributed by atoms with E-state index in [-0.39, 0.29) is 30.8 Å². The minimum Gasteiger partial charge on any atom is -0.489 e. The Balaban J connectivity index is 1.58. The Morgan fingerprint density at radius 3 is 2.61 bits per heavy atom. The maximum atomic E-state index is 11.8. The summed E-state index contributed by atoms with van der Waals surface area (Å²) < 4.78 is 16.7. The van der Waals surface area contributed by atoms with Gasteiger partial charge in [0, 0.05) is 24.4 Å². The van der Waals surface area contributed by atoms with Crippen LogP contribution >= 0.6 is 0 Å². The van der Waals surface area contributed by atoms with Crippen LogP contribution in [0.15, 0.2) is 66.7 Å². The molecule has 0 unspecified atom stereocenters. The number of para-hydroxylation sites is 1. The van der Waals surface area contributed by atoms with Crippen molar-refractivity contribution < 1.29 is 23.8 Å². The van der Waals surface area contributed by atoms with Gasteiger partial charge in [0.25, 0.3) is 0 Å². The number of benzene rings is 3. The first-order valence-electron chi connectivity index (χ1n) is 12.1. The molecule has 1 aliphatic heterocycles. The lowest BCUT2D eigenvalue weighted by Gasteiger charge is -2.16. The SMILES string of the molecule is COC(=O)Cc1ccccc1OCc1cc(NC[C@@H]2CCCO2)cc(-c2cccc(CC(N)=O)c2)c1. The molecule has 0 radical (unpaired) electrons. The standard InChI is InChI=1S/C29H32N2O5/c1-34-29(33)17-23-7-2-3-10-27(23)36-19-21-13-24(22-8-4-6-20(12-22)15-28(30)32)16-25(14-21)31-18-26-9-5-11-35-26/h2-4,6-8,10,12-14,16,26,31H,5,9,11,15,17-19H2,1H3,(H2,30,32)/t26-/m0/s1.